The predicted octanol–water partition coefficient (Wildman–Crippen LogP) is 5.08. The minimum absolute atomic E-state index is 0.00470. The zero-order valence-corrected chi connectivity index (χ0v) is 15.5. The summed E-state index contributed by atoms with van der Waals surface area (Å²) >= 11 is 6.01. The van der Waals surface area contributed by atoms with Crippen LogP contribution in [0, 0.1) is 0 Å². The van der Waals surface area contributed by atoms with Gasteiger partial charge < -0.3 is 10.1 Å². The first-order valence-electron chi connectivity index (χ1n) is 8.87. The van der Waals surface area contributed by atoms with Crippen LogP contribution in [-0.4, -0.2) is 11.5 Å². The summed E-state index contributed by atoms with van der Waals surface area (Å²) in [5.41, 5.74) is 1.75. The molecule has 1 aliphatic heterocycles. The molecule has 1 aliphatic rings. The lowest BCUT2D eigenvalue weighted by Gasteiger charge is -2.41. The third-order valence-electron chi connectivity index (χ3n) is 5.07. The van der Waals surface area contributed by atoms with Crippen molar-refractivity contribution in [1.82, 2.24) is 5.32 Å². The lowest BCUT2D eigenvalue weighted by molar-refractivity contribution is -0.121. The first-order valence-corrected chi connectivity index (χ1v) is 9.25. The van der Waals surface area contributed by atoms with Gasteiger partial charge >= 0.3 is 0 Å². The Labute approximate surface area is 154 Å². The van der Waals surface area contributed by atoms with Gasteiger partial charge in [0.25, 0.3) is 0 Å². The molecule has 0 aromatic heterocycles. The van der Waals surface area contributed by atoms with Gasteiger partial charge in [0.2, 0.25) is 5.91 Å². The van der Waals surface area contributed by atoms with Crippen LogP contribution in [-0.2, 0) is 11.2 Å². The number of carbonyl (C=O) groups is 1. The fraction of sp³-hybridized carbons (Fsp3) is 0.381. The summed E-state index contributed by atoms with van der Waals surface area (Å²) in [7, 11) is 0. The van der Waals surface area contributed by atoms with Crippen LogP contribution in [0.4, 0.5) is 0 Å². The maximum Gasteiger partial charge on any atom is 0.224 e. The summed E-state index contributed by atoms with van der Waals surface area (Å²) < 4.78 is 6.29. The molecule has 1 heterocycles. The molecule has 1 unspecified atom stereocenters. The number of benzene rings is 2. The van der Waals surface area contributed by atoms with Crippen molar-refractivity contribution in [3.8, 4) is 5.75 Å². The van der Waals surface area contributed by atoms with Crippen molar-refractivity contribution in [3.05, 3.63) is 64.7 Å². The molecule has 0 saturated carbocycles. The van der Waals surface area contributed by atoms with Gasteiger partial charge in [-0.2, -0.15) is 0 Å². The molecule has 1 N–H and O–H groups in total. The Balaban J connectivity index is 1.79. The highest BCUT2D eigenvalue weighted by Crippen LogP contribution is 2.42. The summed E-state index contributed by atoms with van der Waals surface area (Å²) in [6.07, 6.45) is 2.95. The summed E-state index contributed by atoms with van der Waals surface area (Å²) in [6.45, 7) is 4.28. The Kier molecular flexibility index (Phi) is 5.33. The standard InChI is InChI=1S/C21H24ClNO2/c1-3-21(4-2)14-18(17-10-5-6-11-19(17)25-21)23-20(24)13-15-8-7-9-16(22)12-15/h5-12,18H,3-4,13-14H2,1-2H3,(H,23,24). The van der Waals surface area contributed by atoms with E-state index in [-0.39, 0.29) is 17.6 Å². The van der Waals surface area contributed by atoms with E-state index in [0.717, 1.165) is 36.1 Å². The van der Waals surface area contributed by atoms with E-state index in [1.165, 1.54) is 0 Å². The molecule has 2 aromatic rings. The molecule has 0 aliphatic carbocycles. The minimum atomic E-state index is -0.220. The number of rotatable bonds is 5. The van der Waals surface area contributed by atoms with Crippen LogP contribution < -0.4 is 10.1 Å². The molecule has 3 rings (SSSR count). The third kappa shape index (κ3) is 3.98. The molecular weight excluding hydrogens is 334 g/mol. The van der Waals surface area contributed by atoms with Gasteiger partial charge in [-0.15, -0.1) is 0 Å². The molecule has 3 nitrogen and oxygen atoms in total. The fourth-order valence-corrected chi connectivity index (χ4v) is 3.72. The van der Waals surface area contributed by atoms with Crippen molar-refractivity contribution >= 4 is 17.5 Å². The molecule has 0 fully saturated rings. The van der Waals surface area contributed by atoms with Crippen LogP contribution >= 0.6 is 11.6 Å². The zero-order chi connectivity index (χ0) is 17.9. The number of para-hydroxylation sites is 1. The number of ether oxygens (including phenoxy) is 1. The molecule has 132 valence electrons. The van der Waals surface area contributed by atoms with Gasteiger partial charge in [0.15, 0.2) is 0 Å². The smallest absolute Gasteiger partial charge is 0.224 e. The maximum absolute atomic E-state index is 12.6. The van der Waals surface area contributed by atoms with Crippen molar-refractivity contribution in [1.29, 1.82) is 0 Å². The quantitative estimate of drug-likeness (QED) is 0.810. The largest absolute Gasteiger partial charge is 0.487 e. The van der Waals surface area contributed by atoms with E-state index in [0.29, 0.717) is 11.4 Å². The highest BCUT2D eigenvalue weighted by Gasteiger charge is 2.38. The van der Waals surface area contributed by atoms with Gasteiger partial charge in [-0.05, 0) is 36.6 Å². The molecule has 0 saturated heterocycles. The highest BCUT2D eigenvalue weighted by molar-refractivity contribution is 6.30. The van der Waals surface area contributed by atoms with Crippen LogP contribution in [0.5, 0.6) is 5.75 Å². The van der Waals surface area contributed by atoms with E-state index in [9.17, 15) is 4.79 Å². The van der Waals surface area contributed by atoms with Gasteiger partial charge in [-0.25, -0.2) is 0 Å². The Morgan fingerprint density at radius 1 is 1.20 bits per heavy atom. The summed E-state index contributed by atoms with van der Waals surface area (Å²) in [6, 6.07) is 15.4. The number of hydrogen-bond acceptors (Lipinski definition) is 2. The van der Waals surface area contributed by atoms with Crippen molar-refractivity contribution < 1.29 is 9.53 Å². The molecule has 1 atom stereocenters. The summed E-state index contributed by atoms with van der Waals surface area (Å²) in [5.74, 6) is 0.885. The molecule has 1 amide bonds. The Hall–Kier alpha value is -2.00. The highest BCUT2D eigenvalue weighted by atomic mass is 35.5. The number of nitrogens with one attached hydrogen (secondary N) is 1. The van der Waals surface area contributed by atoms with Gasteiger partial charge in [0.1, 0.15) is 11.4 Å². The minimum Gasteiger partial charge on any atom is -0.487 e. The van der Waals surface area contributed by atoms with Crippen LogP contribution in [0.15, 0.2) is 48.5 Å². The molecule has 2 aromatic carbocycles. The summed E-state index contributed by atoms with van der Waals surface area (Å²) in [4.78, 5) is 12.6. The first kappa shape index (κ1) is 17.8. The lowest BCUT2D eigenvalue weighted by Crippen LogP contribution is -2.44. The van der Waals surface area contributed by atoms with Gasteiger partial charge in [-0.1, -0.05) is 55.8 Å². The Bertz CT molecular complexity index is 755. The Morgan fingerprint density at radius 2 is 1.96 bits per heavy atom. The van der Waals surface area contributed by atoms with Crippen molar-refractivity contribution in [3.63, 3.8) is 0 Å². The second-order valence-corrected chi connectivity index (χ2v) is 7.10. The summed E-state index contributed by atoms with van der Waals surface area (Å²) in [5, 5.41) is 3.86. The Morgan fingerprint density at radius 3 is 2.68 bits per heavy atom. The number of amides is 1. The average molecular weight is 358 g/mol. The number of carbonyl (C=O) groups excluding carboxylic acids is 1. The SMILES string of the molecule is CCC1(CC)CC(NC(=O)Cc2cccc(Cl)c2)c2ccccc2O1. The van der Waals surface area contributed by atoms with Gasteiger partial charge in [-0.3, -0.25) is 4.79 Å². The monoisotopic (exact) mass is 357 g/mol. The number of fused-ring (bicyclic) bond motifs is 1. The average Bonchev–Trinajstić information content (AvgIpc) is 2.61. The van der Waals surface area contributed by atoms with E-state index in [2.05, 4.69) is 19.2 Å². The second-order valence-electron chi connectivity index (χ2n) is 6.66. The number of halogens is 1. The molecule has 0 spiro atoms. The van der Waals surface area contributed by atoms with Crippen molar-refractivity contribution in [2.24, 2.45) is 0 Å². The van der Waals surface area contributed by atoms with Gasteiger partial charge in [0.05, 0.1) is 12.5 Å². The van der Waals surface area contributed by atoms with Gasteiger partial charge in [0, 0.05) is 17.0 Å². The normalized spacial score (nSPS) is 18.1. The van der Waals surface area contributed by atoms with Crippen molar-refractivity contribution in [2.45, 2.75) is 51.2 Å². The van der Waals surface area contributed by atoms with Crippen molar-refractivity contribution in [2.75, 3.05) is 0 Å². The van der Waals surface area contributed by atoms with E-state index in [1.807, 2.05) is 48.5 Å². The molecular formula is C21H24ClNO2. The van der Waals surface area contributed by atoms with E-state index < -0.39 is 0 Å². The number of hydrogen-bond donors (Lipinski definition) is 1. The first-order chi connectivity index (χ1) is 12.0. The molecule has 0 bridgehead atoms. The topological polar surface area (TPSA) is 38.3 Å². The second kappa shape index (κ2) is 7.49. The lowest BCUT2D eigenvalue weighted by atomic mass is 9.83. The fourth-order valence-electron chi connectivity index (χ4n) is 3.51. The van der Waals surface area contributed by atoms with Crippen LogP contribution in [0.3, 0.4) is 0 Å². The molecule has 4 heteroatoms. The maximum atomic E-state index is 12.6. The molecule has 25 heavy (non-hydrogen) atoms. The van der Waals surface area contributed by atoms with Crippen LogP contribution in [0.2, 0.25) is 5.02 Å². The van der Waals surface area contributed by atoms with E-state index in [1.54, 1.807) is 0 Å². The van der Waals surface area contributed by atoms with E-state index in [4.69, 9.17) is 16.3 Å². The van der Waals surface area contributed by atoms with E-state index >= 15 is 0 Å². The van der Waals surface area contributed by atoms with Crippen LogP contribution in [0.25, 0.3) is 0 Å². The predicted molar refractivity (Wildman–Crippen MR) is 101 cm³/mol. The van der Waals surface area contributed by atoms with Crippen LogP contribution in [0.1, 0.15) is 50.3 Å². The third-order valence-corrected chi connectivity index (χ3v) is 5.31. The molecule has 0 radical (unpaired) electrons. The zero-order valence-electron chi connectivity index (χ0n) is 14.7.